The molecule has 0 radical (unpaired) electrons. The highest BCUT2D eigenvalue weighted by molar-refractivity contribution is 9.10. The van der Waals surface area contributed by atoms with Crippen LogP contribution >= 0.6 is 15.9 Å². The summed E-state index contributed by atoms with van der Waals surface area (Å²) in [5.74, 6) is -1.75. The number of hydrogen-bond donors (Lipinski definition) is 3. The number of likely N-dealkylation sites (N-methyl/N-ethyl adjacent to an activating group) is 1. The number of nitrogens with zero attached hydrogens (tertiary/aromatic N) is 2. The number of carbonyl (C=O) groups excluding carboxylic acids is 3. The molecule has 1 fully saturated rings. The Balaban J connectivity index is 1.69. The second-order valence-corrected chi connectivity index (χ2v) is 8.19. The number of piperidine rings is 1. The standard InChI is InChI=1S/C19H23BrFN5O4/c1-11(23-17(28)16(27)22-2)10-26-7-5-19(6-8-26)15(24-25-18(29)30-19)13-4-3-12(21)9-14(13)20/h3-4,9,11H,5-8,10H2,1-2H3,(H,22,27)(H,23,28)(H,25,29)/t11-/m0/s1. The van der Waals surface area contributed by atoms with Crippen molar-refractivity contribution in [3.63, 3.8) is 0 Å². The number of likely N-dealkylation sites (tertiary alicyclic amines) is 1. The zero-order valence-electron chi connectivity index (χ0n) is 16.6. The average molecular weight is 484 g/mol. The highest BCUT2D eigenvalue weighted by Crippen LogP contribution is 2.35. The summed E-state index contributed by atoms with van der Waals surface area (Å²) in [6.07, 6.45) is 0.342. The van der Waals surface area contributed by atoms with E-state index in [2.05, 4.69) is 42.0 Å². The molecule has 1 atom stereocenters. The molecule has 3 amide bonds. The normalized spacial score (nSPS) is 19.3. The molecule has 0 aromatic heterocycles. The van der Waals surface area contributed by atoms with Gasteiger partial charge in [-0.3, -0.25) is 9.59 Å². The van der Waals surface area contributed by atoms with Gasteiger partial charge in [0.15, 0.2) is 5.60 Å². The van der Waals surface area contributed by atoms with Crippen LogP contribution in [0.5, 0.6) is 0 Å². The van der Waals surface area contributed by atoms with Crippen molar-refractivity contribution in [3.8, 4) is 0 Å². The first-order valence-electron chi connectivity index (χ1n) is 9.51. The van der Waals surface area contributed by atoms with Crippen molar-refractivity contribution in [3.05, 3.63) is 34.1 Å². The van der Waals surface area contributed by atoms with Crippen LogP contribution in [0.25, 0.3) is 0 Å². The summed E-state index contributed by atoms with van der Waals surface area (Å²) in [4.78, 5) is 37.1. The van der Waals surface area contributed by atoms with E-state index in [9.17, 15) is 18.8 Å². The van der Waals surface area contributed by atoms with Crippen molar-refractivity contribution in [1.82, 2.24) is 21.0 Å². The minimum absolute atomic E-state index is 0.237. The Morgan fingerprint density at radius 2 is 2.07 bits per heavy atom. The number of ether oxygens (including phenoxy) is 1. The third-order valence-corrected chi connectivity index (χ3v) is 5.83. The smallest absolute Gasteiger partial charge is 0.428 e. The van der Waals surface area contributed by atoms with E-state index in [1.165, 1.54) is 19.2 Å². The summed E-state index contributed by atoms with van der Waals surface area (Å²) in [5.41, 5.74) is 2.60. The Morgan fingerprint density at radius 1 is 1.37 bits per heavy atom. The molecule has 162 valence electrons. The van der Waals surface area contributed by atoms with Gasteiger partial charge in [0.25, 0.3) is 0 Å². The molecule has 11 heteroatoms. The molecule has 0 bridgehead atoms. The lowest BCUT2D eigenvalue weighted by atomic mass is 9.82. The third-order valence-electron chi connectivity index (χ3n) is 5.17. The van der Waals surface area contributed by atoms with Gasteiger partial charge in [-0.15, -0.1) is 0 Å². The molecule has 3 N–H and O–H groups in total. The SMILES string of the molecule is CNC(=O)C(=O)N[C@@H](C)CN1CCC2(CC1)OC(=O)NN=C2c1ccc(F)cc1Br. The van der Waals surface area contributed by atoms with Gasteiger partial charge < -0.3 is 20.3 Å². The minimum atomic E-state index is -0.923. The van der Waals surface area contributed by atoms with Gasteiger partial charge >= 0.3 is 17.9 Å². The van der Waals surface area contributed by atoms with Crippen LogP contribution in [0.15, 0.2) is 27.8 Å². The summed E-state index contributed by atoms with van der Waals surface area (Å²) in [5, 5.41) is 9.16. The van der Waals surface area contributed by atoms with E-state index in [0.717, 1.165) is 0 Å². The zero-order valence-corrected chi connectivity index (χ0v) is 18.2. The van der Waals surface area contributed by atoms with Gasteiger partial charge in [0.1, 0.15) is 11.5 Å². The number of halogens is 2. The van der Waals surface area contributed by atoms with Gasteiger partial charge in [0.2, 0.25) is 0 Å². The summed E-state index contributed by atoms with van der Waals surface area (Å²) >= 11 is 3.36. The van der Waals surface area contributed by atoms with Gasteiger partial charge in [0.05, 0.1) is 0 Å². The Bertz CT molecular complexity index is 886. The van der Waals surface area contributed by atoms with Crippen molar-refractivity contribution >= 4 is 39.5 Å². The zero-order chi connectivity index (χ0) is 21.9. The average Bonchev–Trinajstić information content (AvgIpc) is 2.70. The molecule has 1 aromatic carbocycles. The van der Waals surface area contributed by atoms with Crippen molar-refractivity contribution in [2.75, 3.05) is 26.7 Å². The number of benzene rings is 1. The van der Waals surface area contributed by atoms with Crippen LogP contribution in [-0.4, -0.2) is 66.8 Å². The molecule has 30 heavy (non-hydrogen) atoms. The van der Waals surface area contributed by atoms with E-state index in [0.29, 0.717) is 48.2 Å². The lowest BCUT2D eigenvalue weighted by molar-refractivity contribution is -0.139. The number of nitrogens with one attached hydrogen (secondary N) is 3. The maximum absolute atomic E-state index is 13.5. The van der Waals surface area contributed by atoms with E-state index in [4.69, 9.17) is 4.74 Å². The summed E-state index contributed by atoms with van der Waals surface area (Å²) in [6, 6.07) is 4.04. The Hall–Kier alpha value is -2.53. The highest BCUT2D eigenvalue weighted by atomic mass is 79.9. The number of hydrogen-bond acceptors (Lipinski definition) is 6. The largest absolute Gasteiger partial charge is 0.435 e. The molecule has 1 saturated heterocycles. The summed E-state index contributed by atoms with van der Waals surface area (Å²) < 4.78 is 19.7. The van der Waals surface area contributed by atoms with Gasteiger partial charge in [-0.2, -0.15) is 5.10 Å². The Labute approximate surface area is 181 Å². The van der Waals surface area contributed by atoms with Crippen molar-refractivity contribution in [2.45, 2.75) is 31.4 Å². The van der Waals surface area contributed by atoms with Crippen LogP contribution in [-0.2, 0) is 14.3 Å². The molecule has 3 rings (SSSR count). The number of amides is 3. The first-order chi connectivity index (χ1) is 14.2. The van der Waals surface area contributed by atoms with Crippen LogP contribution in [0, 0.1) is 5.82 Å². The van der Waals surface area contributed by atoms with Gasteiger partial charge in [-0.05, 0) is 25.1 Å². The number of rotatable bonds is 4. The minimum Gasteiger partial charge on any atom is -0.435 e. The third kappa shape index (κ3) is 4.78. The second-order valence-electron chi connectivity index (χ2n) is 7.33. The molecule has 2 heterocycles. The second kappa shape index (κ2) is 9.09. The van der Waals surface area contributed by atoms with E-state index in [1.807, 2.05) is 6.92 Å². The summed E-state index contributed by atoms with van der Waals surface area (Å²) in [7, 11) is 1.40. The molecule has 0 aliphatic carbocycles. The van der Waals surface area contributed by atoms with Crippen molar-refractivity contribution in [2.24, 2.45) is 5.10 Å². The van der Waals surface area contributed by atoms with Gasteiger partial charge in [-0.25, -0.2) is 14.6 Å². The molecular formula is C19H23BrFN5O4. The highest BCUT2D eigenvalue weighted by Gasteiger charge is 2.46. The van der Waals surface area contributed by atoms with Crippen LogP contribution in [0.2, 0.25) is 0 Å². The first-order valence-corrected chi connectivity index (χ1v) is 10.3. The van der Waals surface area contributed by atoms with Crippen molar-refractivity contribution in [1.29, 1.82) is 0 Å². The van der Waals surface area contributed by atoms with Gasteiger partial charge in [-0.1, -0.05) is 15.9 Å². The molecule has 0 saturated carbocycles. The molecule has 1 spiro atoms. The molecular weight excluding hydrogens is 461 g/mol. The fourth-order valence-electron chi connectivity index (χ4n) is 3.71. The van der Waals surface area contributed by atoms with E-state index in [-0.39, 0.29) is 11.9 Å². The molecule has 2 aliphatic heterocycles. The van der Waals surface area contributed by atoms with Crippen molar-refractivity contribution < 1.29 is 23.5 Å². The Morgan fingerprint density at radius 3 is 2.70 bits per heavy atom. The van der Waals surface area contributed by atoms with Gasteiger partial charge in [0, 0.05) is 55.6 Å². The predicted molar refractivity (Wildman–Crippen MR) is 110 cm³/mol. The van der Waals surface area contributed by atoms with Crippen LogP contribution in [0.3, 0.4) is 0 Å². The summed E-state index contributed by atoms with van der Waals surface area (Å²) in [6.45, 7) is 3.53. The molecule has 9 nitrogen and oxygen atoms in total. The topological polar surface area (TPSA) is 112 Å². The van der Waals surface area contributed by atoms with Crippen LogP contribution < -0.4 is 16.1 Å². The van der Waals surface area contributed by atoms with E-state index in [1.54, 1.807) is 6.07 Å². The Kier molecular flexibility index (Phi) is 6.71. The van der Waals surface area contributed by atoms with Crippen LogP contribution in [0.1, 0.15) is 25.3 Å². The quantitative estimate of drug-likeness (QED) is 0.555. The lowest BCUT2D eigenvalue weighted by Gasteiger charge is -2.43. The molecule has 1 aromatic rings. The fourth-order valence-corrected chi connectivity index (χ4v) is 4.25. The lowest BCUT2D eigenvalue weighted by Crippen LogP contribution is -2.57. The van der Waals surface area contributed by atoms with E-state index >= 15 is 0 Å². The number of hydrazone groups is 1. The monoisotopic (exact) mass is 483 g/mol. The molecule has 0 unspecified atom stereocenters. The number of carbonyl (C=O) groups is 3. The molecule has 2 aliphatic rings. The first kappa shape index (κ1) is 22.2. The predicted octanol–water partition coefficient (Wildman–Crippen LogP) is 1.12. The maximum Gasteiger partial charge on any atom is 0.428 e. The van der Waals surface area contributed by atoms with E-state index < -0.39 is 23.5 Å². The fraction of sp³-hybridized carbons (Fsp3) is 0.474. The maximum atomic E-state index is 13.5. The van der Waals surface area contributed by atoms with Crippen LogP contribution in [0.4, 0.5) is 9.18 Å².